The highest BCUT2D eigenvalue weighted by Gasteiger charge is 2.60. The predicted octanol–water partition coefficient (Wildman–Crippen LogP) is 5.48. The number of pyridine rings is 1. The summed E-state index contributed by atoms with van der Waals surface area (Å²) >= 11 is 0. The summed E-state index contributed by atoms with van der Waals surface area (Å²) in [4.78, 5) is 18.5. The number of alkyl halides is 3. The van der Waals surface area contributed by atoms with E-state index in [-0.39, 0.29) is 54.4 Å². The Hall–Kier alpha value is -3.43. The summed E-state index contributed by atoms with van der Waals surface area (Å²) in [6, 6.07) is 8.21. The minimum Gasteiger partial charge on any atom is -0.507 e. The summed E-state index contributed by atoms with van der Waals surface area (Å²) in [6.07, 6.45) is 3.64. The number of nitrogens with zero attached hydrogens (tertiary/aromatic N) is 5. The molecule has 0 saturated heterocycles. The van der Waals surface area contributed by atoms with Gasteiger partial charge in [0, 0.05) is 31.4 Å². The van der Waals surface area contributed by atoms with E-state index in [1.807, 2.05) is 4.90 Å². The molecule has 6 rings (SSSR count). The molecule has 3 aliphatic rings. The number of aromatic hydroxyl groups is 1. The van der Waals surface area contributed by atoms with Gasteiger partial charge >= 0.3 is 6.18 Å². The van der Waals surface area contributed by atoms with Gasteiger partial charge in [0.05, 0.1) is 17.2 Å². The van der Waals surface area contributed by atoms with E-state index < -0.39 is 11.6 Å². The van der Waals surface area contributed by atoms with Crippen LogP contribution in [0, 0.1) is 11.3 Å². The second kappa shape index (κ2) is 9.10. The average molecular weight is 526 g/mol. The van der Waals surface area contributed by atoms with Crippen LogP contribution in [0.5, 0.6) is 5.75 Å². The third-order valence-corrected chi connectivity index (χ3v) is 8.60. The largest absolute Gasteiger partial charge is 0.507 e. The van der Waals surface area contributed by atoms with Crippen LogP contribution in [0.2, 0.25) is 0 Å². The number of hydrogen-bond donors (Lipinski definition) is 1. The summed E-state index contributed by atoms with van der Waals surface area (Å²) in [6.45, 7) is 0. The van der Waals surface area contributed by atoms with Crippen molar-refractivity contribution in [2.45, 2.75) is 69.6 Å². The summed E-state index contributed by atoms with van der Waals surface area (Å²) in [7, 11) is 1.67. The van der Waals surface area contributed by atoms with Crippen LogP contribution in [0.4, 0.5) is 19.0 Å². The van der Waals surface area contributed by atoms with Gasteiger partial charge in [-0.1, -0.05) is 18.9 Å². The Bertz CT molecular complexity index is 1400. The van der Waals surface area contributed by atoms with Crippen LogP contribution < -0.4 is 10.5 Å². The number of phenols is 1. The van der Waals surface area contributed by atoms with Crippen molar-refractivity contribution < 1.29 is 18.3 Å². The fraction of sp³-hybridized carbons (Fsp3) is 0.500. The number of halogens is 3. The first-order chi connectivity index (χ1) is 18.1. The lowest BCUT2D eigenvalue weighted by Gasteiger charge is -2.51. The van der Waals surface area contributed by atoms with Crippen LogP contribution >= 0.6 is 0 Å². The summed E-state index contributed by atoms with van der Waals surface area (Å²) in [5.74, 6) is 0.745. The average Bonchev–Trinajstić information content (AvgIpc) is 3.71. The lowest BCUT2D eigenvalue weighted by molar-refractivity contribution is -0.250. The highest BCUT2D eigenvalue weighted by molar-refractivity contribution is 5.72. The number of phenolic OH excluding ortho intramolecular Hbond substituents is 1. The minimum absolute atomic E-state index is 0.0519. The van der Waals surface area contributed by atoms with Crippen molar-refractivity contribution in [3.8, 4) is 28.3 Å². The fourth-order valence-electron chi connectivity index (χ4n) is 6.54. The van der Waals surface area contributed by atoms with E-state index in [2.05, 4.69) is 15.2 Å². The van der Waals surface area contributed by atoms with Crippen LogP contribution in [-0.2, 0) is 7.05 Å². The summed E-state index contributed by atoms with van der Waals surface area (Å²) < 4.78 is 44.1. The van der Waals surface area contributed by atoms with Crippen LogP contribution in [-0.4, -0.2) is 43.1 Å². The highest BCUT2D eigenvalue weighted by atomic mass is 19.4. The Morgan fingerprint density at radius 1 is 1.05 bits per heavy atom. The molecule has 0 radical (unpaired) electrons. The standard InChI is InChI=1S/C28H30F3N5O2/c1-35-10-8-19(13-25(35)38)18-4-7-22(23(37)12-18)26-32-16-24(33-34-26)36(20-5-6-20)21-11-17-3-2-9-27(14-17,15-21)28(29,30)31/h4,7-8,10,12-13,16-17,20-21,37H,2-3,5-6,9,11,14-15H2,1H3/t17-,21-,27+/m1/s1. The first-order valence-corrected chi connectivity index (χ1v) is 13.2. The second-order valence-electron chi connectivity index (χ2n) is 11.2. The van der Waals surface area contributed by atoms with Gasteiger partial charge < -0.3 is 14.6 Å². The lowest BCUT2D eigenvalue weighted by atomic mass is 9.60. The molecule has 2 heterocycles. The van der Waals surface area contributed by atoms with Crippen molar-refractivity contribution in [2.24, 2.45) is 18.4 Å². The van der Waals surface area contributed by atoms with Gasteiger partial charge in [0.15, 0.2) is 11.6 Å². The molecule has 0 spiro atoms. The molecule has 1 N–H and O–H groups in total. The van der Waals surface area contributed by atoms with Crippen molar-refractivity contribution in [1.29, 1.82) is 0 Å². The number of aryl methyl sites for hydroxylation is 1. The zero-order valence-electron chi connectivity index (χ0n) is 21.2. The zero-order valence-corrected chi connectivity index (χ0v) is 21.2. The number of anilines is 1. The van der Waals surface area contributed by atoms with Gasteiger partial charge in [-0.2, -0.15) is 13.2 Å². The number of aromatic nitrogens is 4. The molecule has 1 aromatic carbocycles. The molecule has 2 bridgehead atoms. The monoisotopic (exact) mass is 525 g/mol. The van der Waals surface area contributed by atoms with Gasteiger partial charge in [-0.15, -0.1) is 10.2 Å². The van der Waals surface area contributed by atoms with Gasteiger partial charge in [-0.3, -0.25) is 4.79 Å². The van der Waals surface area contributed by atoms with Gasteiger partial charge in [-0.25, -0.2) is 4.98 Å². The third kappa shape index (κ3) is 4.43. The number of benzene rings is 1. The molecule has 7 nitrogen and oxygen atoms in total. The van der Waals surface area contributed by atoms with E-state index in [1.165, 1.54) is 10.6 Å². The van der Waals surface area contributed by atoms with Crippen molar-refractivity contribution in [1.82, 2.24) is 19.7 Å². The molecule has 3 saturated carbocycles. The SMILES string of the molecule is Cn1ccc(-c2ccc(-c3ncc(N(C4CC4)[C@@H]4C[C@H]5CCC[C@](C(F)(F)F)(C5)C4)nn3)c(O)c2)cc1=O. The number of rotatable bonds is 5. The molecule has 200 valence electrons. The zero-order chi connectivity index (χ0) is 26.7. The molecule has 3 aliphatic carbocycles. The molecule has 3 aromatic rings. The van der Waals surface area contributed by atoms with E-state index in [4.69, 9.17) is 0 Å². The molecule has 0 aliphatic heterocycles. The van der Waals surface area contributed by atoms with E-state index in [0.717, 1.165) is 25.7 Å². The quantitative estimate of drug-likeness (QED) is 0.475. The van der Waals surface area contributed by atoms with Crippen molar-refractivity contribution in [3.63, 3.8) is 0 Å². The molecule has 2 aromatic heterocycles. The Morgan fingerprint density at radius 2 is 1.84 bits per heavy atom. The first kappa shape index (κ1) is 24.9. The lowest BCUT2D eigenvalue weighted by Crippen LogP contribution is -2.53. The van der Waals surface area contributed by atoms with Gasteiger partial charge in [0.1, 0.15) is 5.75 Å². The maximum atomic E-state index is 14.2. The van der Waals surface area contributed by atoms with Gasteiger partial charge in [-0.05, 0) is 73.8 Å². The molecule has 3 atom stereocenters. The third-order valence-electron chi connectivity index (χ3n) is 8.60. The minimum atomic E-state index is -4.20. The van der Waals surface area contributed by atoms with Crippen molar-refractivity contribution >= 4 is 5.82 Å². The van der Waals surface area contributed by atoms with Crippen LogP contribution in [0.15, 0.2) is 47.5 Å². The molecular formula is C28H30F3N5O2. The smallest absolute Gasteiger partial charge is 0.394 e. The summed E-state index contributed by atoms with van der Waals surface area (Å²) in [5.41, 5.74) is -0.0216. The Morgan fingerprint density at radius 3 is 2.50 bits per heavy atom. The molecule has 10 heteroatoms. The number of fused-ring (bicyclic) bond motifs is 2. The molecular weight excluding hydrogens is 495 g/mol. The van der Waals surface area contributed by atoms with Crippen molar-refractivity contribution in [3.05, 3.63) is 53.1 Å². The maximum absolute atomic E-state index is 14.2. The molecule has 3 fully saturated rings. The van der Waals surface area contributed by atoms with E-state index in [9.17, 15) is 23.1 Å². The van der Waals surface area contributed by atoms with Gasteiger partial charge in [0.2, 0.25) is 0 Å². The summed E-state index contributed by atoms with van der Waals surface area (Å²) in [5, 5.41) is 19.4. The van der Waals surface area contributed by atoms with Gasteiger partial charge in [0.25, 0.3) is 5.56 Å². The van der Waals surface area contributed by atoms with E-state index in [0.29, 0.717) is 28.9 Å². The second-order valence-corrected chi connectivity index (χ2v) is 11.2. The predicted molar refractivity (Wildman–Crippen MR) is 137 cm³/mol. The molecule has 38 heavy (non-hydrogen) atoms. The number of hydrogen-bond acceptors (Lipinski definition) is 6. The van der Waals surface area contributed by atoms with Crippen molar-refractivity contribution in [2.75, 3.05) is 4.90 Å². The molecule has 0 amide bonds. The Balaban J connectivity index is 1.26. The maximum Gasteiger partial charge on any atom is 0.394 e. The first-order valence-electron chi connectivity index (χ1n) is 13.2. The van der Waals surface area contributed by atoms with Crippen LogP contribution in [0.3, 0.4) is 0 Å². The normalized spacial score (nSPS) is 25.3. The fourth-order valence-corrected chi connectivity index (χ4v) is 6.54. The Kier molecular flexibility index (Phi) is 5.96. The Labute approximate surface area is 218 Å². The topological polar surface area (TPSA) is 84.1 Å². The van der Waals surface area contributed by atoms with E-state index >= 15 is 0 Å². The van der Waals surface area contributed by atoms with Crippen LogP contribution in [0.25, 0.3) is 22.5 Å². The van der Waals surface area contributed by atoms with E-state index in [1.54, 1.807) is 43.7 Å². The van der Waals surface area contributed by atoms with Crippen LogP contribution in [0.1, 0.15) is 51.4 Å². The molecule has 0 unspecified atom stereocenters. The highest BCUT2D eigenvalue weighted by Crippen LogP contribution is 2.58.